The molecular formula is C21H22N4O4. The van der Waals surface area contributed by atoms with Crippen molar-refractivity contribution in [2.45, 2.75) is 19.9 Å². The first-order chi connectivity index (χ1) is 14.0. The Balaban J connectivity index is 1.69. The summed E-state index contributed by atoms with van der Waals surface area (Å²) in [5.41, 5.74) is 1.46. The first kappa shape index (κ1) is 20.1. The third kappa shape index (κ3) is 4.43. The zero-order chi connectivity index (χ0) is 20.8. The van der Waals surface area contributed by atoms with Crippen LogP contribution in [-0.4, -0.2) is 35.1 Å². The van der Waals surface area contributed by atoms with Crippen molar-refractivity contribution < 1.29 is 19.4 Å². The average molecular weight is 394 g/mol. The smallest absolute Gasteiger partial charge is 0.283 e. The van der Waals surface area contributed by atoms with Gasteiger partial charge in [-0.15, -0.1) is 10.2 Å². The molecule has 0 saturated carbocycles. The van der Waals surface area contributed by atoms with Crippen LogP contribution in [-0.2, 0) is 11.3 Å². The molecule has 2 aromatic carbocycles. The van der Waals surface area contributed by atoms with Crippen molar-refractivity contribution in [1.29, 1.82) is 0 Å². The zero-order valence-electron chi connectivity index (χ0n) is 16.3. The van der Waals surface area contributed by atoms with Crippen molar-refractivity contribution in [1.82, 2.24) is 9.88 Å². The highest BCUT2D eigenvalue weighted by atomic mass is 16.5. The third-order valence-electron chi connectivity index (χ3n) is 4.38. The summed E-state index contributed by atoms with van der Waals surface area (Å²) >= 11 is 0. The molecule has 8 heteroatoms. The van der Waals surface area contributed by atoms with Gasteiger partial charge in [-0.05, 0) is 36.8 Å². The number of ether oxygens (including phenoxy) is 1. The molecule has 1 aromatic heterocycles. The van der Waals surface area contributed by atoms with Gasteiger partial charge >= 0.3 is 0 Å². The van der Waals surface area contributed by atoms with Gasteiger partial charge in [-0.1, -0.05) is 25.1 Å². The first-order valence-electron chi connectivity index (χ1n) is 9.22. The highest BCUT2D eigenvalue weighted by Crippen LogP contribution is 2.38. The Labute approximate surface area is 167 Å². The zero-order valence-corrected chi connectivity index (χ0v) is 16.3. The van der Waals surface area contributed by atoms with Crippen LogP contribution < -0.4 is 10.1 Å². The lowest BCUT2D eigenvalue weighted by atomic mass is 10.2. The number of hydrogen-bond acceptors (Lipinski definition) is 5. The van der Waals surface area contributed by atoms with Crippen molar-refractivity contribution >= 4 is 28.4 Å². The number of aromatic nitrogens is 1. The number of rotatable bonds is 7. The van der Waals surface area contributed by atoms with Crippen LogP contribution in [0.15, 0.2) is 58.8 Å². The lowest BCUT2D eigenvalue weighted by Crippen LogP contribution is -2.28. The van der Waals surface area contributed by atoms with E-state index in [9.17, 15) is 14.7 Å². The maximum absolute atomic E-state index is 12.1. The van der Waals surface area contributed by atoms with Gasteiger partial charge in [0.25, 0.3) is 11.8 Å². The van der Waals surface area contributed by atoms with Crippen LogP contribution in [0.3, 0.4) is 0 Å². The number of hydrogen-bond donors (Lipinski definition) is 2. The normalized spacial score (nSPS) is 11.1. The van der Waals surface area contributed by atoms with Gasteiger partial charge in [0.1, 0.15) is 12.3 Å². The standard InChI is InChI=1S/C21H22N4O4/c1-3-12-25-17-7-5-4-6-16(17)19(21(25)28)24-23-18(26)13-22-20(27)14-8-10-15(29-2)11-9-14/h4-11,28H,3,12-13H2,1-2H3,(H,22,27). The molecule has 2 amide bonds. The van der Waals surface area contributed by atoms with Crippen LogP contribution in [0.4, 0.5) is 5.69 Å². The lowest BCUT2D eigenvalue weighted by Gasteiger charge is -2.04. The number of para-hydroxylation sites is 1. The molecular weight excluding hydrogens is 372 g/mol. The molecule has 0 aliphatic carbocycles. The average Bonchev–Trinajstić information content (AvgIpc) is 3.02. The number of benzene rings is 2. The fraction of sp³-hybridized carbons (Fsp3) is 0.238. The predicted octanol–water partition coefficient (Wildman–Crippen LogP) is 3.81. The van der Waals surface area contributed by atoms with E-state index in [0.29, 0.717) is 23.2 Å². The summed E-state index contributed by atoms with van der Waals surface area (Å²) in [5, 5.41) is 21.3. The highest BCUT2D eigenvalue weighted by molar-refractivity contribution is 5.97. The maximum Gasteiger partial charge on any atom is 0.283 e. The minimum atomic E-state index is -0.626. The van der Waals surface area contributed by atoms with E-state index in [1.807, 2.05) is 31.2 Å². The van der Waals surface area contributed by atoms with Crippen molar-refractivity contribution in [3.05, 3.63) is 54.1 Å². The number of fused-ring (bicyclic) bond motifs is 1. The number of nitrogens with one attached hydrogen (secondary N) is 1. The summed E-state index contributed by atoms with van der Waals surface area (Å²) < 4.78 is 6.78. The van der Waals surface area contributed by atoms with E-state index in [1.54, 1.807) is 28.8 Å². The molecule has 0 fully saturated rings. The number of carbonyl (C=O) groups excluding carboxylic acids is 2. The summed E-state index contributed by atoms with van der Waals surface area (Å²) in [6, 6.07) is 13.9. The predicted molar refractivity (Wildman–Crippen MR) is 109 cm³/mol. The number of amides is 2. The maximum atomic E-state index is 12.1. The van der Waals surface area contributed by atoms with E-state index in [0.717, 1.165) is 11.9 Å². The van der Waals surface area contributed by atoms with Gasteiger partial charge in [-0.3, -0.25) is 9.59 Å². The molecule has 1 heterocycles. The van der Waals surface area contributed by atoms with E-state index >= 15 is 0 Å². The molecule has 29 heavy (non-hydrogen) atoms. The number of methoxy groups -OCH3 is 1. The summed E-state index contributed by atoms with van der Waals surface area (Å²) in [7, 11) is 1.54. The molecule has 2 N–H and O–H groups in total. The molecule has 0 aliphatic heterocycles. The van der Waals surface area contributed by atoms with Gasteiger partial charge in [0, 0.05) is 17.5 Å². The molecule has 0 aliphatic rings. The van der Waals surface area contributed by atoms with Crippen molar-refractivity contribution in [2.24, 2.45) is 10.2 Å². The largest absolute Gasteiger partial charge is 0.497 e. The highest BCUT2D eigenvalue weighted by Gasteiger charge is 2.16. The Morgan fingerprint density at radius 3 is 2.55 bits per heavy atom. The quantitative estimate of drug-likeness (QED) is 0.595. The second-order valence-corrected chi connectivity index (χ2v) is 6.35. The first-order valence-corrected chi connectivity index (χ1v) is 9.22. The second-order valence-electron chi connectivity index (χ2n) is 6.35. The summed E-state index contributed by atoms with van der Waals surface area (Å²) in [5.74, 6) is -0.433. The topological polar surface area (TPSA) is 105 Å². The molecule has 0 saturated heterocycles. The molecule has 0 unspecified atom stereocenters. The van der Waals surface area contributed by atoms with Crippen molar-refractivity contribution in [2.75, 3.05) is 13.7 Å². The Hall–Kier alpha value is -3.68. The van der Waals surface area contributed by atoms with E-state index < -0.39 is 11.8 Å². The molecule has 3 rings (SSSR count). The van der Waals surface area contributed by atoms with Crippen LogP contribution in [0, 0.1) is 0 Å². The molecule has 8 nitrogen and oxygen atoms in total. The Morgan fingerprint density at radius 2 is 1.86 bits per heavy atom. The van der Waals surface area contributed by atoms with Gasteiger partial charge in [0.05, 0.1) is 12.6 Å². The Bertz CT molecular complexity index is 1050. The third-order valence-corrected chi connectivity index (χ3v) is 4.38. The van der Waals surface area contributed by atoms with Crippen molar-refractivity contribution in [3.63, 3.8) is 0 Å². The summed E-state index contributed by atoms with van der Waals surface area (Å²) in [4.78, 5) is 24.2. The fourth-order valence-corrected chi connectivity index (χ4v) is 2.96. The fourth-order valence-electron chi connectivity index (χ4n) is 2.96. The minimum Gasteiger partial charge on any atom is -0.497 e. The number of aryl methyl sites for hydroxylation is 1. The molecule has 3 aromatic rings. The van der Waals surface area contributed by atoms with Crippen LogP contribution in [0.2, 0.25) is 0 Å². The number of nitrogens with zero attached hydrogens (tertiary/aromatic N) is 3. The Kier molecular flexibility index (Phi) is 6.23. The molecule has 0 atom stereocenters. The summed E-state index contributed by atoms with van der Waals surface area (Å²) in [6.07, 6.45) is 0.832. The van der Waals surface area contributed by atoms with Crippen LogP contribution in [0.1, 0.15) is 23.7 Å². The van der Waals surface area contributed by atoms with Gasteiger partial charge in [-0.25, -0.2) is 0 Å². The second kappa shape index (κ2) is 9.01. The SMILES string of the molecule is CCCn1c(O)c(N=NC(=O)CNC(=O)c2ccc(OC)cc2)c2ccccc21. The Morgan fingerprint density at radius 1 is 1.14 bits per heavy atom. The van der Waals surface area contributed by atoms with Gasteiger partial charge in [0.2, 0.25) is 5.88 Å². The van der Waals surface area contributed by atoms with Crippen LogP contribution >= 0.6 is 0 Å². The van der Waals surface area contributed by atoms with Crippen molar-refractivity contribution in [3.8, 4) is 11.6 Å². The van der Waals surface area contributed by atoms with E-state index in [1.165, 1.54) is 7.11 Å². The van der Waals surface area contributed by atoms with E-state index in [2.05, 4.69) is 15.5 Å². The summed E-state index contributed by atoms with van der Waals surface area (Å²) in [6.45, 7) is 2.32. The number of azo groups is 1. The molecule has 0 bridgehead atoms. The number of carbonyl (C=O) groups is 2. The van der Waals surface area contributed by atoms with Gasteiger partial charge in [0.15, 0.2) is 5.69 Å². The van der Waals surface area contributed by atoms with Crippen LogP contribution in [0.25, 0.3) is 10.9 Å². The molecule has 0 radical (unpaired) electrons. The van der Waals surface area contributed by atoms with Crippen LogP contribution in [0.5, 0.6) is 11.6 Å². The van der Waals surface area contributed by atoms with E-state index in [4.69, 9.17) is 4.74 Å². The molecule has 0 spiro atoms. The van der Waals surface area contributed by atoms with Gasteiger partial charge < -0.3 is 19.7 Å². The van der Waals surface area contributed by atoms with E-state index in [-0.39, 0.29) is 18.1 Å². The monoisotopic (exact) mass is 394 g/mol. The lowest BCUT2D eigenvalue weighted by molar-refractivity contribution is -0.117. The minimum absolute atomic E-state index is 0.0353. The van der Waals surface area contributed by atoms with Gasteiger partial charge in [-0.2, -0.15) is 0 Å². The number of aromatic hydroxyl groups is 1. The molecule has 150 valence electrons.